The summed E-state index contributed by atoms with van der Waals surface area (Å²) in [6, 6.07) is 5.30. The number of sulfonamides is 1. The lowest BCUT2D eigenvalue weighted by Crippen LogP contribution is -2.35. The van der Waals surface area contributed by atoms with Gasteiger partial charge in [-0.05, 0) is 34.5 Å². The van der Waals surface area contributed by atoms with Gasteiger partial charge in [-0.15, -0.1) is 11.3 Å². The van der Waals surface area contributed by atoms with E-state index in [2.05, 4.69) is 25.9 Å². The summed E-state index contributed by atoms with van der Waals surface area (Å²) in [5.74, 6) is 0.659. The molecule has 0 atom stereocenters. The zero-order valence-electron chi connectivity index (χ0n) is 12.6. The highest BCUT2D eigenvalue weighted by atomic mass is 79.9. The quantitative estimate of drug-likeness (QED) is 0.744. The van der Waals surface area contributed by atoms with Crippen molar-refractivity contribution < 1.29 is 8.42 Å². The molecular weight excluding hydrogens is 414 g/mol. The van der Waals surface area contributed by atoms with Crippen molar-refractivity contribution in [2.24, 2.45) is 0 Å². The molecule has 0 amide bonds. The SMILES string of the molecule is N#Cc1cnc(N2CCCN(S(=O)(=O)c3ccc(Br)s3)CC2)cn1. The fourth-order valence-electron chi connectivity index (χ4n) is 2.47. The highest BCUT2D eigenvalue weighted by molar-refractivity contribution is 9.11. The average molecular weight is 428 g/mol. The number of nitriles is 1. The van der Waals surface area contributed by atoms with E-state index in [1.165, 1.54) is 21.8 Å². The second kappa shape index (κ2) is 7.14. The predicted octanol–water partition coefficient (Wildman–Crippen LogP) is 2.07. The van der Waals surface area contributed by atoms with E-state index in [9.17, 15) is 8.42 Å². The maximum Gasteiger partial charge on any atom is 0.252 e. The van der Waals surface area contributed by atoms with Gasteiger partial charge in [0.25, 0.3) is 10.0 Å². The molecular formula is C14H14BrN5O2S2. The van der Waals surface area contributed by atoms with E-state index in [4.69, 9.17) is 5.26 Å². The molecule has 1 saturated heterocycles. The monoisotopic (exact) mass is 427 g/mol. The minimum Gasteiger partial charge on any atom is -0.354 e. The molecule has 3 heterocycles. The zero-order chi connectivity index (χ0) is 17.2. The Balaban J connectivity index is 1.74. The maximum absolute atomic E-state index is 12.7. The zero-order valence-corrected chi connectivity index (χ0v) is 15.8. The van der Waals surface area contributed by atoms with Crippen LogP contribution in [0.4, 0.5) is 5.82 Å². The smallest absolute Gasteiger partial charge is 0.252 e. The molecule has 1 aliphatic heterocycles. The molecule has 3 rings (SSSR count). The lowest BCUT2D eigenvalue weighted by atomic mass is 10.4. The van der Waals surface area contributed by atoms with Crippen molar-refractivity contribution in [1.82, 2.24) is 14.3 Å². The number of aromatic nitrogens is 2. The Labute approximate surface area is 152 Å². The van der Waals surface area contributed by atoms with Gasteiger partial charge in [-0.1, -0.05) is 0 Å². The Kier molecular flexibility index (Phi) is 5.15. The van der Waals surface area contributed by atoms with E-state index < -0.39 is 10.0 Å². The largest absolute Gasteiger partial charge is 0.354 e. The highest BCUT2D eigenvalue weighted by Crippen LogP contribution is 2.29. The number of anilines is 1. The van der Waals surface area contributed by atoms with Gasteiger partial charge in [0.15, 0.2) is 5.69 Å². The third-order valence-corrected chi connectivity index (χ3v) is 7.66. The van der Waals surface area contributed by atoms with Gasteiger partial charge in [0.1, 0.15) is 16.1 Å². The van der Waals surface area contributed by atoms with Crippen LogP contribution in [0.25, 0.3) is 0 Å². The Morgan fingerprint density at radius 3 is 2.62 bits per heavy atom. The average Bonchev–Trinajstić information content (AvgIpc) is 2.88. The van der Waals surface area contributed by atoms with Crippen molar-refractivity contribution in [3.63, 3.8) is 0 Å². The van der Waals surface area contributed by atoms with E-state index in [-0.39, 0.29) is 5.69 Å². The molecule has 0 unspecified atom stereocenters. The summed E-state index contributed by atoms with van der Waals surface area (Å²) >= 11 is 4.52. The van der Waals surface area contributed by atoms with Crippen LogP contribution in [0.2, 0.25) is 0 Å². The van der Waals surface area contributed by atoms with Crippen LogP contribution in [0.5, 0.6) is 0 Å². The second-order valence-corrected chi connectivity index (χ2v) is 9.80. The summed E-state index contributed by atoms with van der Waals surface area (Å²) in [5, 5.41) is 8.78. The molecule has 1 fully saturated rings. The van der Waals surface area contributed by atoms with Crippen LogP contribution in [-0.4, -0.2) is 48.9 Å². The summed E-state index contributed by atoms with van der Waals surface area (Å²) in [7, 11) is -3.46. The predicted molar refractivity (Wildman–Crippen MR) is 94.4 cm³/mol. The van der Waals surface area contributed by atoms with Crippen LogP contribution < -0.4 is 4.90 Å². The summed E-state index contributed by atoms with van der Waals surface area (Å²) < 4.78 is 28.1. The first kappa shape index (κ1) is 17.3. The Bertz CT molecular complexity index is 860. The lowest BCUT2D eigenvalue weighted by molar-refractivity contribution is 0.434. The first-order valence-corrected chi connectivity index (χ1v) is 10.3. The molecule has 0 spiro atoms. The van der Waals surface area contributed by atoms with Gasteiger partial charge >= 0.3 is 0 Å². The Morgan fingerprint density at radius 1 is 1.17 bits per heavy atom. The third-order valence-electron chi connectivity index (χ3n) is 3.67. The van der Waals surface area contributed by atoms with Crippen LogP contribution in [-0.2, 0) is 10.0 Å². The van der Waals surface area contributed by atoms with Gasteiger partial charge in [-0.25, -0.2) is 18.4 Å². The molecule has 0 radical (unpaired) electrons. The summed E-state index contributed by atoms with van der Waals surface area (Å²) in [6.07, 6.45) is 3.68. The lowest BCUT2D eigenvalue weighted by Gasteiger charge is -2.21. The number of rotatable bonds is 3. The van der Waals surface area contributed by atoms with Crippen LogP contribution in [0.3, 0.4) is 0 Å². The van der Waals surface area contributed by atoms with Crippen LogP contribution in [0, 0.1) is 11.3 Å². The van der Waals surface area contributed by atoms with E-state index >= 15 is 0 Å². The van der Waals surface area contributed by atoms with Gasteiger partial charge in [0.05, 0.1) is 16.2 Å². The standard InChI is InChI=1S/C14H14BrN5O2S2/c15-12-2-3-14(23-12)24(21,22)20-5-1-4-19(6-7-20)13-10-17-11(8-16)9-18-13/h2-3,9-10H,1,4-7H2. The van der Waals surface area contributed by atoms with E-state index in [0.717, 1.165) is 3.79 Å². The fraction of sp³-hybridized carbons (Fsp3) is 0.357. The van der Waals surface area contributed by atoms with Crippen molar-refractivity contribution >= 4 is 43.1 Å². The molecule has 0 bridgehead atoms. The number of halogens is 1. The molecule has 2 aromatic rings. The number of nitrogens with zero attached hydrogens (tertiary/aromatic N) is 5. The van der Waals surface area contributed by atoms with Crippen molar-refractivity contribution in [1.29, 1.82) is 5.26 Å². The molecule has 0 N–H and O–H groups in total. The molecule has 0 aliphatic carbocycles. The Morgan fingerprint density at radius 2 is 2.00 bits per heavy atom. The third kappa shape index (κ3) is 3.59. The summed E-state index contributed by atoms with van der Waals surface area (Å²) in [4.78, 5) is 10.2. The first-order valence-electron chi connectivity index (χ1n) is 7.23. The molecule has 0 saturated carbocycles. The summed E-state index contributed by atoms with van der Waals surface area (Å²) in [5.41, 5.74) is 0.265. The van der Waals surface area contributed by atoms with Gasteiger partial charge in [-0.2, -0.15) is 9.57 Å². The first-order chi connectivity index (χ1) is 11.5. The summed E-state index contributed by atoms with van der Waals surface area (Å²) in [6.45, 7) is 2.09. The highest BCUT2D eigenvalue weighted by Gasteiger charge is 2.28. The van der Waals surface area contributed by atoms with Gasteiger partial charge in [0, 0.05) is 26.2 Å². The van der Waals surface area contributed by atoms with Crippen molar-refractivity contribution in [3.05, 3.63) is 34.0 Å². The minimum absolute atomic E-state index is 0.265. The topological polar surface area (TPSA) is 90.2 Å². The molecule has 126 valence electrons. The normalized spacial score (nSPS) is 16.6. The van der Waals surface area contributed by atoms with Crippen LogP contribution in [0.15, 0.2) is 32.5 Å². The van der Waals surface area contributed by atoms with Gasteiger partial charge in [0.2, 0.25) is 0 Å². The number of hydrogen-bond donors (Lipinski definition) is 0. The van der Waals surface area contributed by atoms with E-state index in [1.807, 2.05) is 11.0 Å². The molecule has 7 nitrogen and oxygen atoms in total. The minimum atomic E-state index is -3.46. The van der Waals surface area contributed by atoms with Crippen LogP contribution >= 0.6 is 27.3 Å². The molecule has 1 aliphatic rings. The fourth-order valence-corrected chi connectivity index (χ4v) is 6.10. The Hall–Kier alpha value is -1.54. The van der Waals surface area contributed by atoms with Crippen LogP contribution in [0.1, 0.15) is 12.1 Å². The second-order valence-electron chi connectivity index (χ2n) is 5.17. The maximum atomic E-state index is 12.7. The van der Waals surface area contributed by atoms with Crippen molar-refractivity contribution in [2.45, 2.75) is 10.6 Å². The molecule has 10 heteroatoms. The van der Waals surface area contributed by atoms with Gasteiger partial charge in [-0.3, -0.25) is 0 Å². The van der Waals surface area contributed by atoms with Crippen molar-refractivity contribution in [3.8, 4) is 6.07 Å². The molecule has 24 heavy (non-hydrogen) atoms. The molecule has 0 aromatic carbocycles. The van der Waals surface area contributed by atoms with Crippen molar-refractivity contribution in [2.75, 3.05) is 31.1 Å². The number of thiophene rings is 1. The van der Waals surface area contributed by atoms with Gasteiger partial charge < -0.3 is 4.90 Å². The van der Waals surface area contributed by atoms with E-state index in [1.54, 1.807) is 18.3 Å². The van der Waals surface area contributed by atoms with E-state index in [0.29, 0.717) is 42.6 Å². The molecule has 2 aromatic heterocycles. The number of hydrogen-bond acceptors (Lipinski definition) is 7.